The smallest absolute Gasteiger partial charge is 0.253 e. The maximum atomic E-state index is 12.0. The summed E-state index contributed by atoms with van der Waals surface area (Å²) in [6.45, 7) is 2.52. The Kier molecular flexibility index (Phi) is 3.07. The molecular weight excluding hydrogens is 216 g/mol. The number of hydrogen-bond donors (Lipinski definition) is 3. The van der Waals surface area contributed by atoms with Crippen LogP contribution < -0.4 is 11.1 Å². The van der Waals surface area contributed by atoms with Crippen molar-refractivity contribution in [3.63, 3.8) is 0 Å². The Morgan fingerprint density at radius 3 is 2.76 bits per heavy atom. The number of amides is 1. The number of anilines is 1. The first-order valence-corrected chi connectivity index (χ1v) is 5.82. The molecule has 92 valence electrons. The predicted octanol–water partition coefficient (Wildman–Crippen LogP) is 1.08. The van der Waals surface area contributed by atoms with Crippen LogP contribution in [0.4, 0.5) is 5.69 Å². The van der Waals surface area contributed by atoms with Gasteiger partial charge in [-0.05, 0) is 31.4 Å². The van der Waals surface area contributed by atoms with Crippen LogP contribution in [0.5, 0.6) is 0 Å². The van der Waals surface area contributed by atoms with E-state index in [1.807, 2.05) is 19.1 Å². The molecule has 1 aromatic carbocycles. The van der Waals surface area contributed by atoms with Crippen molar-refractivity contribution >= 4 is 11.6 Å². The monoisotopic (exact) mass is 234 g/mol. The van der Waals surface area contributed by atoms with Gasteiger partial charge in [-0.15, -0.1) is 0 Å². The second-order valence-corrected chi connectivity index (χ2v) is 4.88. The third-order valence-electron chi connectivity index (χ3n) is 3.45. The van der Waals surface area contributed by atoms with Crippen molar-refractivity contribution in [1.29, 1.82) is 0 Å². The second kappa shape index (κ2) is 4.37. The molecule has 0 aliphatic heterocycles. The fourth-order valence-corrected chi connectivity index (χ4v) is 1.92. The lowest BCUT2D eigenvalue weighted by atomic mass is 10.0. The zero-order valence-electron chi connectivity index (χ0n) is 9.99. The third-order valence-corrected chi connectivity index (χ3v) is 3.45. The van der Waals surface area contributed by atoms with Gasteiger partial charge in [-0.1, -0.05) is 12.1 Å². The summed E-state index contributed by atoms with van der Waals surface area (Å²) in [6.07, 6.45) is 1.96. The number of nitrogens with one attached hydrogen (secondary N) is 1. The molecule has 2 rings (SSSR count). The van der Waals surface area contributed by atoms with Crippen LogP contribution in [0.3, 0.4) is 0 Å². The fourth-order valence-electron chi connectivity index (χ4n) is 1.92. The highest BCUT2D eigenvalue weighted by molar-refractivity contribution is 6.00. The Morgan fingerprint density at radius 2 is 2.24 bits per heavy atom. The lowest BCUT2D eigenvalue weighted by molar-refractivity contribution is 0.0935. The van der Waals surface area contributed by atoms with Crippen LogP contribution in [-0.4, -0.2) is 24.2 Å². The van der Waals surface area contributed by atoms with E-state index in [1.54, 1.807) is 6.07 Å². The van der Waals surface area contributed by atoms with Gasteiger partial charge in [0, 0.05) is 17.6 Å². The van der Waals surface area contributed by atoms with Gasteiger partial charge in [-0.3, -0.25) is 4.79 Å². The van der Waals surface area contributed by atoms with Gasteiger partial charge in [-0.25, -0.2) is 0 Å². The first-order valence-electron chi connectivity index (χ1n) is 5.82. The Hall–Kier alpha value is -1.55. The number of carbonyl (C=O) groups excluding carboxylic acids is 1. The zero-order chi connectivity index (χ0) is 12.5. The van der Waals surface area contributed by atoms with Crippen LogP contribution in [0.1, 0.15) is 28.8 Å². The molecule has 0 radical (unpaired) electrons. The Labute approximate surface area is 101 Å². The van der Waals surface area contributed by atoms with Gasteiger partial charge >= 0.3 is 0 Å². The first-order chi connectivity index (χ1) is 8.08. The molecule has 17 heavy (non-hydrogen) atoms. The minimum atomic E-state index is -0.152. The SMILES string of the molecule is Cc1cccc(N)c1C(=O)NCC1(CO)CC1. The number of aryl methyl sites for hydroxylation is 1. The van der Waals surface area contributed by atoms with E-state index in [0.717, 1.165) is 18.4 Å². The summed E-state index contributed by atoms with van der Waals surface area (Å²) < 4.78 is 0. The van der Waals surface area contributed by atoms with Crippen molar-refractivity contribution in [3.05, 3.63) is 29.3 Å². The highest BCUT2D eigenvalue weighted by atomic mass is 16.3. The standard InChI is InChI=1S/C13H18N2O2/c1-9-3-2-4-10(14)11(9)12(17)15-7-13(8-16)5-6-13/h2-4,16H,5-8,14H2,1H3,(H,15,17). The topological polar surface area (TPSA) is 75.4 Å². The molecular formula is C13H18N2O2. The van der Waals surface area contributed by atoms with Crippen LogP contribution in [0.25, 0.3) is 0 Å². The summed E-state index contributed by atoms with van der Waals surface area (Å²) in [5.74, 6) is -0.152. The molecule has 1 amide bonds. The quantitative estimate of drug-likeness (QED) is 0.682. The lowest BCUT2D eigenvalue weighted by Crippen LogP contribution is -2.32. The van der Waals surface area contributed by atoms with E-state index < -0.39 is 0 Å². The van der Waals surface area contributed by atoms with Gasteiger partial charge in [0.2, 0.25) is 0 Å². The van der Waals surface area contributed by atoms with E-state index in [-0.39, 0.29) is 17.9 Å². The molecule has 1 aliphatic rings. The molecule has 1 aromatic rings. The van der Waals surface area contributed by atoms with E-state index in [2.05, 4.69) is 5.32 Å². The van der Waals surface area contributed by atoms with E-state index in [4.69, 9.17) is 5.73 Å². The maximum Gasteiger partial charge on any atom is 0.253 e. The number of nitrogens with two attached hydrogens (primary N) is 1. The normalized spacial score (nSPS) is 16.6. The van der Waals surface area contributed by atoms with E-state index in [9.17, 15) is 9.90 Å². The second-order valence-electron chi connectivity index (χ2n) is 4.88. The van der Waals surface area contributed by atoms with Crippen LogP contribution in [0.15, 0.2) is 18.2 Å². The minimum Gasteiger partial charge on any atom is -0.398 e. The molecule has 1 aliphatic carbocycles. The number of hydrogen-bond acceptors (Lipinski definition) is 3. The minimum absolute atomic E-state index is 0.0763. The average molecular weight is 234 g/mol. The zero-order valence-corrected chi connectivity index (χ0v) is 9.99. The highest BCUT2D eigenvalue weighted by Crippen LogP contribution is 2.44. The molecule has 0 spiro atoms. The summed E-state index contributed by atoms with van der Waals surface area (Å²) in [6, 6.07) is 5.42. The van der Waals surface area contributed by atoms with Crippen LogP contribution in [0, 0.1) is 12.3 Å². The van der Waals surface area contributed by atoms with E-state index in [1.165, 1.54) is 0 Å². The summed E-state index contributed by atoms with van der Waals surface area (Å²) >= 11 is 0. The Balaban J connectivity index is 2.05. The van der Waals surface area contributed by atoms with Gasteiger partial charge in [0.15, 0.2) is 0 Å². The molecule has 1 fully saturated rings. The van der Waals surface area contributed by atoms with Gasteiger partial charge in [0.25, 0.3) is 5.91 Å². The van der Waals surface area contributed by atoms with E-state index >= 15 is 0 Å². The van der Waals surface area contributed by atoms with Crippen molar-refractivity contribution in [2.24, 2.45) is 5.41 Å². The Morgan fingerprint density at radius 1 is 1.53 bits per heavy atom. The van der Waals surface area contributed by atoms with Crippen molar-refractivity contribution in [2.75, 3.05) is 18.9 Å². The lowest BCUT2D eigenvalue weighted by Gasteiger charge is -2.14. The number of nitrogen functional groups attached to an aromatic ring is 1. The van der Waals surface area contributed by atoms with E-state index in [0.29, 0.717) is 17.8 Å². The number of carbonyl (C=O) groups is 1. The van der Waals surface area contributed by atoms with Crippen LogP contribution in [0.2, 0.25) is 0 Å². The van der Waals surface area contributed by atoms with Crippen molar-refractivity contribution in [1.82, 2.24) is 5.32 Å². The molecule has 0 atom stereocenters. The van der Waals surface area contributed by atoms with Gasteiger partial charge in [0.1, 0.15) is 0 Å². The highest BCUT2D eigenvalue weighted by Gasteiger charge is 2.42. The summed E-state index contributed by atoms with van der Waals surface area (Å²) in [5.41, 5.74) is 7.63. The summed E-state index contributed by atoms with van der Waals surface area (Å²) in [5, 5.41) is 12.0. The van der Waals surface area contributed by atoms with Crippen LogP contribution >= 0.6 is 0 Å². The summed E-state index contributed by atoms with van der Waals surface area (Å²) in [4.78, 5) is 12.0. The molecule has 4 heteroatoms. The number of aliphatic hydroxyl groups is 1. The molecule has 0 bridgehead atoms. The van der Waals surface area contributed by atoms with Crippen molar-refractivity contribution in [3.8, 4) is 0 Å². The average Bonchev–Trinajstić information content (AvgIpc) is 3.07. The number of benzene rings is 1. The number of aliphatic hydroxyl groups excluding tert-OH is 1. The largest absolute Gasteiger partial charge is 0.398 e. The van der Waals surface area contributed by atoms with Crippen molar-refractivity contribution < 1.29 is 9.90 Å². The molecule has 0 unspecified atom stereocenters. The molecule has 0 saturated heterocycles. The Bertz CT molecular complexity index is 419. The van der Waals surface area contributed by atoms with Gasteiger partial charge in [-0.2, -0.15) is 0 Å². The first kappa shape index (κ1) is 11.9. The predicted molar refractivity (Wildman–Crippen MR) is 66.7 cm³/mol. The molecule has 0 aromatic heterocycles. The summed E-state index contributed by atoms with van der Waals surface area (Å²) in [7, 11) is 0. The third kappa shape index (κ3) is 2.42. The van der Waals surface area contributed by atoms with Gasteiger partial charge in [0.05, 0.1) is 12.2 Å². The molecule has 4 nitrogen and oxygen atoms in total. The molecule has 1 saturated carbocycles. The number of rotatable bonds is 4. The molecule has 0 heterocycles. The van der Waals surface area contributed by atoms with Crippen LogP contribution in [-0.2, 0) is 0 Å². The maximum absolute atomic E-state index is 12.0. The molecule has 4 N–H and O–H groups in total. The fraction of sp³-hybridized carbons (Fsp3) is 0.462. The van der Waals surface area contributed by atoms with Gasteiger partial charge < -0.3 is 16.2 Å². The van der Waals surface area contributed by atoms with Crippen molar-refractivity contribution in [2.45, 2.75) is 19.8 Å².